The quantitative estimate of drug-likeness (QED) is 0.670. The molecule has 0 bridgehead atoms. The van der Waals surface area contributed by atoms with Gasteiger partial charge in [-0.1, -0.05) is 0 Å². The van der Waals surface area contributed by atoms with E-state index in [4.69, 9.17) is 9.47 Å². The molecule has 4 rings (SSSR count). The van der Waals surface area contributed by atoms with Gasteiger partial charge in [-0.2, -0.15) is 0 Å². The second-order valence-corrected chi connectivity index (χ2v) is 7.58. The molecule has 0 amide bonds. The maximum atomic E-state index is 12.8. The van der Waals surface area contributed by atoms with Gasteiger partial charge < -0.3 is 19.3 Å². The van der Waals surface area contributed by atoms with Crippen molar-refractivity contribution in [2.45, 2.75) is 26.3 Å². The highest BCUT2D eigenvalue weighted by molar-refractivity contribution is 5.86. The first kappa shape index (κ1) is 20.0. The Bertz CT molecular complexity index is 1120. The van der Waals surface area contributed by atoms with Crippen LogP contribution >= 0.6 is 0 Å². The molecule has 30 heavy (non-hydrogen) atoms. The van der Waals surface area contributed by atoms with Gasteiger partial charge in [0.1, 0.15) is 0 Å². The molecule has 8 heteroatoms. The summed E-state index contributed by atoms with van der Waals surface area (Å²) < 4.78 is 10.8. The number of fused-ring (bicyclic) bond motifs is 1. The molecule has 0 spiro atoms. The number of H-pyrrole nitrogens is 1. The number of hydrogen-bond donors (Lipinski definition) is 1. The molecule has 1 aromatic carbocycles. The molecule has 0 unspecified atom stereocenters. The van der Waals surface area contributed by atoms with Crippen LogP contribution in [0.4, 0.5) is 11.6 Å². The molecule has 0 saturated carbocycles. The van der Waals surface area contributed by atoms with E-state index in [9.17, 15) is 4.79 Å². The third kappa shape index (κ3) is 3.65. The van der Waals surface area contributed by atoms with E-state index in [2.05, 4.69) is 25.9 Å². The summed E-state index contributed by atoms with van der Waals surface area (Å²) in [6.45, 7) is 4.53. The monoisotopic (exact) mass is 409 g/mol. The number of aromatic amines is 1. The van der Waals surface area contributed by atoms with Crippen molar-refractivity contribution in [2.24, 2.45) is 0 Å². The summed E-state index contributed by atoms with van der Waals surface area (Å²) in [5.41, 5.74) is 3.18. The zero-order valence-electron chi connectivity index (χ0n) is 17.9. The van der Waals surface area contributed by atoms with Crippen LogP contribution in [-0.2, 0) is 6.54 Å². The standard InChI is InChI=1S/C22H27N5O3/c1-14-19-17(12-18(29-3)20(14)30-4)24-22(25-21(19)28)26(2)13-15-11-16(7-8-23-15)27-9-5-6-10-27/h7-8,11-12H,5-6,9-10,13H2,1-4H3,(H,24,25,28). The van der Waals surface area contributed by atoms with Crippen molar-refractivity contribution in [3.63, 3.8) is 0 Å². The third-order valence-corrected chi connectivity index (χ3v) is 5.60. The minimum absolute atomic E-state index is 0.209. The lowest BCUT2D eigenvalue weighted by molar-refractivity contribution is 0.354. The molecule has 8 nitrogen and oxygen atoms in total. The Hall–Kier alpha value is -3.29. The van der Waals surface area contributed by atoms with Crippen LogP contribution in [0, 0.1) is 6.92 Å². The number of nitrogens with one attached hydrogen (secondary N) is 1. The lowest BCUT2D eigenvalue weighted by atomic mass is 10.1. The minimum atomic E-state index is -0.209. The maximum absolute atomic E-state index is 12.8. The summed E-state index contributed by atoms with van der Waals surface area (Å²) in [6, 6.07) is 5.90. The summed E-state index contributed by atoms with van der Waals surface area (Å²) in [5, 5.41) is 0.499. The van der Waals surface area contributed by atoms with E-state index in [1.54, 1.807) is 20.3 Å². The van der Waals surface area contributed by atoms with Crippen molar-refractivity contribution in [3.8, 4) is 11.5 Å². The van der Waals surface area contributed by atoms with Gasteiger partial charge in [0.2, 0.25) is 5.95 Å². The van der Waals surface area contributed by atoms with Gasteiger partial charge in [-0.15, -0.1) is 0 Å². The molecule has 1 fully saturated rings. The van der Waals surface area contributed by atoms with E-state index in [1.165, 1.54) is 18.5 Å². The third-order valence-electron chi connectivity index (χ3n) is 5.60. The number of methoxy groups -OCH3 is 2. The van der Waals surface area contributed by atoms with Crippen LogP contribution < -0.4 is 24.8 Å². The molecular formula is C22H27N5O3. The van der Waals surface area contributed by atoms with Gasteiger partial charge in [0, 0.05) is 43.7 Å². The summed E-state index contributed by atoms with van der Waals surface area (Å²) in [4.78, 5) is 29.2. The van der Waals surface area contributed by atoms with Crippen molar-refractivity contribution in [1.82, 2.24) is 15.0 Å². The van der Waals surface area contributed by atoms with Crippen molar-refractivity contribution >= 4 is 22.5 Å². The van der Waals surface area contributed by atoms with Crippen LogP contribution in [0.25, 0.3) is 10.9 Å². The predicted molar refractivity (Wildman–Crippen MR) is 118 cm³/mol. The van der Waals surface area contributed by atoms with Gasteiger partial charge in [-0.05, 0) is 31.9 Å². The molecule has 2 aromatic heterocycles. The van der Waals surface area contributed by atoms with Crippen LogP contribution in [0.5, 0.6) is 11.5 Å². The lowest BCUT2D eigenvalue weighted by Gasteiger charge is -2.21. The Kier molecular flexibility index (Phi) is 5.48. The smallest absolute Gasteiger partial charge is 0.260 e. The molecule has 1 aliphatic rings. The van der Waals surface area contributed by atoms with Crippen molar-refractivity contribution in [1.29, 1.82) is 0 Å². The molecule has 1 N–H and O–H groups in total. The Labute approximate surface area is 175 Å². The van der Waals surface area contributed by atoms with Gasteiger partial charge in [0.15, 0.2) is 11.5 Å². The average Bonchev–Trinajstić information content (AvgIpc) is 3.28. The minimum Gasteiger partial charge on any atom is -0.493 e. The molecule has 0 radical (unpaired) electrons. The molecule has 0 atom stereocenters. The first-order valence-electron chi connectivity index (χ1n) is 10.1. The second kappa shape index (κ2) is 8.22. The number of hydrogen-bond acceptors (Lipinski definition) is 7. The maximum Gasteiger partial charge on any atom is 0.260 e. The molecule has 0 aliphatic carbocycles. The van der Waals surface area contributed by atoms with Crippen LogP contribution in [0.2, 0.25) is 0 Å². The normalized spacial score (nSPS) is 13.7. The second-order valence-electron chi connectivity index (χ2n) is 7.58. The molecular weight excluding hydrogens is 382 g/mol. The first-order valence-corrected chi connectivity index (χ1v) is 10.1. The zero-order chi connectivity index (χ0) is 21.3. The fourth-order valence-corrected chi connectivity index (χ4v) is 4.06. The fraction of sp³-hybridized carbons (Fsp3) is 0.409. The van der Waals surface area contributed by atoms with Crippen molar-refractivity contribution in [3.05, 3.63) is 46.0 Å². The van der Waals surface area contributed by atoms with E-state index >= 15 is 0 Å². The number of ether oxygens (including phenoxy) is 2. The number of pyridine rings is 1. The van der Waals surface area contributed by atoms with E-state index in [0.717, 1.165) is 18.8 Å². The first-order chi connectivity index (χ1) is 14.5. The number of aromatic nitrogens is 3. The van der Waals surface area contributed by atoms with E-state index < -0.39 is 0 Å². The number of nitrogens with zero attached hydrogens (tertiary/aromatic N) is 4. The summed E-state index contributed by atoms with van der Waals surface area (Å²) in [7, 11) is 5.02. The highest BCUT2D eigenvalue weighted by atomic mass is 16.5. The Morgan fingerprint density at radius 2 is 1.97 bits per heavy atom. The number of anilines is 2. The van der Waals surface area contributed by atoms with Gasteiger partial charge in [-0.25, -0.2) is 4.98 Å². The number of aryl methyl sites for hydroxylation is 1. The Morgan fingerprint density at radius 3 is 2.67 bits per heavy atom. The van der Waals surface area contributed by atoms with Crippen molar-refractivity contribution in [2.75, 3.05) is 44.2 Å². The van der Waals surface area contributed by atoms with E-state index in [1.807, 2.05) is 31.1 Å². The van der Waals surface area contributed by atoms with Gasteiger partial charge >= 0.3 is 0 Å². The average molecular weight is 409 g/mol. The largest absolute Gasteiger partial charge is 0.493 e. The van der Waals surface area contributed by atoms with E-state index in [-0.39, 0.29) is 5.56 Å². The van der Waals surface area contributed by atoms with Crippen LogP contribution in [0.3, 0.4) is 0 Å². The van der Waals surface area contributed by atoms with E-state index in [0.29, 0.717) is 40.5 Å². The fourth-order valence-electron chi connectivity index (χ4n) is 4.06. The lowest BCUT2D eigenvalue weighted by Crippen LogP contribution is -2.24. The molecule has 3 heterocycles. The van der Waals surface area contributed by atoms with Crippen molar-refractivity contribution < 1.29 is 9.47 Å². The summed E-state index contributed by atoms with van der Waals surface area (Å²) in [5.74, 6) is 1.57. The number of rotatable bonds is 6. The predicted octanol–water partition coefficient (Wildman–Crippen LogP) is 2.88. The molecule has 3 aromatic rings. The SMILES string of the molecule is COc1cc2nc(N(C)Cc3cc(N4CCCC4)ccn3)[nH]c(=O)c2c(C)c1OC. The highest BCUT2D eigenvalue weighted by Crippen LogP contribution is 2.35. The molecule has 1 saturated heterocycles. The Morgan fingerprint density at radius 1 is 1.20 bits per heavy atom. The number of benzene rings is 1. The van der Waals surface area contributed by atoms with Crippen LogP contribution in [-0.4, -0.2) is 49.3 Å². The zero-order valence-corrected chi connectivity index (χ0v) is 17.9. The summed E-state index contributed by atoms with van der Waals surface area (Å²) >= 11 is 0. The summed E-state index contributed by atoms with van der Waals surface area (Å²) in [6.07, 6.45) is 4.30. The van der Waals surface area contributed by atoms with Gasteiger partial charge in [0.05, 0.1) is 37.4 Å². The highest BCUT2D eigenvalue weighted by Gasteiger charge is 2.18. The molecule has 158 valence electrons. The topological polar surface area (TPSA) is 83.6 Å². The van der Waals surface area contributed by atoms with Gasteiger partial charge in [0.25, 0.3) is 5.56 Å². The molecule has 1 aliphatic heterocycles. The Balaban J connectivity index is 1.66. The van der Waals surface area contributed by atoms with Gasteiger partial charge in [-0.3, -0.25) is 14.8 Å². The van der Waals surface area contributed by atoms with Crippen LogP contribution in [0.15, 0.2) is 29.2 Å². The van der Waals surface area contributed by atoms with Crippen LogP contribution in [0.1, 0.15) is 24.1 Å².